The first-order valence-corrected chi connectivity index (χ1v) is 17.8. The molecule has 1 fully saturated rings. The number of benzene rings is 2. The predicted octanol–water partition coefficient (Wildman–Crippen LogP) is 3.54. The molecule has 0 unspecified atom stereocenters. The van der Waals surface area contributed by atoms with Gasteiger partial charge in [-0.05, 0) is 62.0 Å². The molecule has 4 heterocycles. The Morgan fingerprint density at radius 3 is 2.55 bits per heavy atom. The Labute approximate surface area is 256 Å². The van der Waals surface area contributed by atoms with Crippen LogP contribution in [0.3, 0.4) is 0 Å². The Hall–Kier alpha value is -4.10. The number of para-hydroxylation sites is 1. The lowest BCUT2D eigenvalue weighted by Gasteiger charge is -2.32. The normalized spacial score (nSPS) is 23.0. The first-order valence-electron chi connectivity index (χ1n) is 14.8. The molecular formula is C32H37N5O6Si. The second-order valence-electron chi connectivity index (χ2n) is 12.0. The van der Waals surface area contributed by atoms with Crippen molar-refractivity contribution in [2.24, 2.45) is 5.92 Å². The number of aromatic nitrogens is 4. The van der Waals surface area contributed by atoms with Gasteiger partial charge in [-0.3, -0.25) is 23.7 Å². The van der Waals surface area contributed by atoms with E-state index in [0.717, 1.165) is 0 Å². The van der Waals surface area contributed by atoms with Crippen LogP contribution in [0.4, 0.5) is 11.4 Å². The van der Waals surface area contributed by atoms with Crippen LogP contribution in [0.25, 0.3) is 5.69 Å². The molecule has 230 valence electrons. The third-order valence-corrected chi connectivity index (χ3v) is 11.4. The molecule has 2 aliphatic heterocycles. The number of anilines is 2. The highest BCUT2D eigenvalue weighted by Crippen LogP contribution is 2.60. The van der Waals surface area contributed by atoms with E-state index in [9.17, 15) is 19.5 Å². The van der Waals surface area contributed by atoms with E-state index in [0.29, 0.717) is 47.7 Å². The fraction of sp³-hybridized carbons (Fsp3) is 0.375. The van der Waals surface area contributed by atoms with Crippen LogP contribution in [0.2, 0.25) is 18.6 Å². The highest BCUT2D eigenvalue weighted by molar-refractivity contribution is 6.71. The summed E-state index contributed by atoms with van der Waals surface area (Å²) in [5, 5.41) is 17.6. The van der Waals surface area contributed by atoms with Crippen LogP contribution in [0, 0.1) is 5.92 Å². The molecule has 44 heavy (non-hydrogen) atoms. The first kappa shape index (κ1) is 29.9. The van der Waals surface area contributed by atoms with Crippen LogP contribution < -0.4 is 15.2 Å². The third kappa shape index (κ3) is 4.87. The molecule has 1 spiro atoms. The van der Waals surface area contributed by atoms with Crippen molar-refractivity contribution < 1.29 is 24.2 Å². The molecule has 4 aromatic rings. The van der Waals surface area contributed by atoms with Gasteiger partial charge in [0, 0.05) is 60.4 Å². The molecule has 1 saturated heterocycles. The van der Waals surface area contributed by atoms with Crippen molar-refractivity contribution in [1.29, 1.82) is 0 Å². The van der Waals surface area contributed by atoms with Gasteiger partial charge < -0.3 is 19.4 Å². The summed E-state index contributed by atoms with van der Waals surface area (Å²) in [7, 11) is -1.43. The molecule has 2 N–H and O–H groups in total. The van der Waals surface area contributed by atoms with Crippen LogP contribution >= 0.6 is 0 Å². The quantitative estimate of drug-likeness (QED) is 0.274. The molecule has 2 aromatic carbocycles. The summed E-state index contributed by atoms with van der Waals surface area (Å²) in [4.78, 5) is 41.3. The molecule has 0 saturated carbocycles. The smallest absolute Gasteiger partial charge is 0.297 e. The number of pyridine rings is 1. The number of aliphatic hydroxyl groups excluding tert-OH is 1. The molecule has 2 aliphatic rings. The highest BCUT2D eigenvalue weighted by atomic mass is 28.4. The Bertz CT molecular complexity index is 1730. The van der Waals surface area contributed by atoms with Gasteiger partial charge in [0.25, 0.3) is 11.5 Å². The molecule has 2 aromatic heterocycles. The van der Waals surface area contributed by atoms with Gasteiger partial charge in [-0.25, -0.2) is 0 Å². The van der Waals surface area contributed by atoms with E-state index in [-0.39, 0.29) is 35.3 Å². The number of hydrogen-bond donors (Lipinski definition) is 2. The SMILES string of the molecule is COc1cccn(-c2ccc3c(c2)[C@]2(O[C@@H](CCn4cc(CCO)nn4)[C@H]([Si](C)(C)O)[C@H]2C)C(=O)N3c2ccccc2)c1=O. The molecule has 0 aliphatic carbocycles. The van der Waals surface area contributed by atoms with E-state index >= 15 is 0 Å². The maximum Gasteiger partial charge on any atom is 0.297 e. The summed E-state index contributed by atoms with van der Waals surface area (Å²) in [6.07, 6.45) is 3.93. The maximum atomic E-state index is 14.8. The Morgan fingerprint density at radius 2 is 1.84 bits per heavy atom. The number of carbonyl (C=O) groups is 1. The zero-order chi connectivity index (χ0) is 31.2. The van der Waals surface area contributed by atoms with Crippen LogP contribution in [0.15, 0.2) is 77.9 Å². The number of methoxy groups -OCH3 is 1. The highest BCUT2D eigenvalue weighted by Gasteiger charge is 2.66. The average Bonchev–Trinajstić information content (AvgIpc) is 3.65. The van der Waals surface area contributed by atoms with Crippen LogP contribution in [0.1, 0.15) is 24.6 Å². The summed E-state index contributed by atoms with van der Waals surface area (Å²) < 4.78 is 15.4. The lowest BCUT2D eigenvalue weighted by molar-refractivity contribution is -0.145. The Kier molecular flexibility index (Phi) is 7.78. The van der Waals surface area contributed by atoms with E-state index < -0.39 is 20.0 Å². The third-order valence-electron chi connectivity index (χ3n) is 8.90. The fourth-order valence-corrected chi connectivity index (χ4v) is 9.62. The Balaban J connectivity index is 1.47. The first-order chi connectivity index (χ1) is 21.1. The molecular weight excluding hydrogens is 578 g/mol. The van der Waals surface area contributed by atoms with Gasteiger partial charge in [0.15, 0.2) is 19.7 Å². The Morgan fingerprint density at radius 1 is 1.07 bits per heavy atom. The average molecular weight is 616 g/mol. The van der Waals surface area contributed by atoms with E-state index in [1.807, 2.05) is 68.5 Å². The molecule has 0 radical (unpaired) electrons. The summed E-state index contributed by atoms with van der Waals surface area (Å²) >= 11 is 0. The van der Waals surface area contributed by atoms with Crippen molar-refractivity contribution in [3.8, 4) is 11.4 Å². The standard InChI is InChI=1S/C32H37N5O6Si/c1-21-29(44(3,4)41)27(14-17-35-20-22(15-18-38)33-34-35)43-32(21)25-19-24(36-16-8-11-28(42-2)30(36)39)12-13-26(25)37(31(32)40)23-9-6-5-7-10-23/h5-13,16,19-21,27,29,38,41H,14-15,17-18H2,1-4H3/t21-,27+,29-,32+/m1/s1. The summed E-state index contributed by atoms with van der Waals surface area (Å²) in [5.41, 5.74) is 1.31. The van der Waals surface area contributed by atoms with Crippen molar-refractivity contribution in [2.75, 3.05) is 18.6 Å². The van der Waals surface area contributed by atoms with E-state index in [4.69, 9.17) is 9.47 Å². The van der Waals surface area contributed by atoms with Gasteiger partial charge in [0.05, 0.1) is 24.6 Å². The van der Waals surface area contributed by atoms with Crippen molar-refractivity contribution in [1.82, 2.24) is 19.6 Å². The number of carbonyl (C=O) groups excluding carboxylic acids is 1. The summed E-state index contributed by atoms with van der Waals surface area (Å²) in [6.45, 7) is 6.22. The molecule has 0 bridgehead atoms. The molecule has 1 amide bonds. The number of rotatable bonds is 9. The minimum Gasteiger partial charge on any atom is -0.491 e. The predicted molar refractivity (Wildman–Crippen MR) is 167 cm³/mol. The fourth-order valence-electron chi connectivity index (χ4n) is 7.01. The van der Waals surface area contributed by atoms with Gasteiger partial charge in [-0.2, -0.15) is 0 Å². The van der Waals surface area contributed by atoms with E-state index in [1.165, 1.54) is 11.7 Å². The largest absolute Gasteiger partial charge is 0.491 e. The molecule has 6 rings (SSSR count). The van der Waals surface area contributed by atoms with Crippen molar-refractivity contribution in [3.63, 3.8) is 0 Å². The van der Waals surface area contributed by atoms with Crippen molar-refractivity contribution in [2.45, 2.75) is 56.7 Å². The lowest BCUT2D eigenvalue weighted by Crippen LogP contribution is -2.45. The molecule has 12 heteroatoms. The number of ether oxygens (including phenoxy) is 2. The number of fused-ring (bicyclic) bond motifs is 2. The summed E-state index contributed by atoms with van der Waals surface area (Å²) in [6, 6.07) is 18.3. The second kappa shape index (κ2) is 11.4. The van der Waals surface area contributed by atoms with Crippen molar-refractivity contribution >= 4 is 25.6 Å². The number of nitrogens with zero attached hydrogens (tertiary/aromatic N) is 5. The second-order valence-corrected chi connectivity index (χ2v) is 16.0. The monoisotopic (exact) mass is 615 g/mol. The van der Waals surface area contributed by atoms with Crippen LogP contribution in [0.5, 0.6) is 5.75 Å². The number of hydrogen-bond acceptors (Lipinski definition) is 8. The van der Waals surface area contributed by atoms with Crippen molar-refractivity contribution in [3.05, 3.63) is 94.7 Å². The van der Waals surface area contributed by atoms with E-state index in [1.54, 1.807) is 34.1 Å². The maximum absolute atomic E-state index is 14.8. The number of aliphatic hydroxyl groups is 1. The topological polar surface area (TPSA) is 132 Å². The number of amides is 1. The summed E-state index contributed by atoms with van der Waals surface area (Å²) in [5.74, 6) is -0.395. The lowest BCUT2D eigenvalue weighted by atomic mass is 9.82. The van der Waals surface area contributed by atoms with Gasteiger partial charge >= 0.3 is 0 Å². The zero-order valence-corrected chi connectivity index (χ0v) is 26.3. The minimum absolute atomic E-state index is 0.0137. The van der Waals surface area contributed by atoms with Crippen LogP contribution in [-0.2, 0) is 28.1 Å². The molecule has 4 atom stereocenters. The number of aryl methyl sites for hydroxylation is 1. The zero-order valence-electron chi connectivity index (χ0n) is 25.3. The van der Waals surface area contributed by atoms with Gasteiger partial charge in [0.2, 0.25) is 0 Å². The molecule has 11 nitrogen and oxygen atoms in total. The van der Waals surface area contributed by atoms with Gasteiger partial charge in [-0.1, -0.05) is 30.3 Å². The van der Waals surface area contributed by atoms with E-state index in [2.05, 4.69) is 10.3 Å². The van der Waals surface area contributed by atoms with Crippen LogP contribution in [-0.4, -0.2) is 63.5 Å². The minimum atomic E-state index is -2.89. The van der Waals surface area contributed by atoms with Gasteiger partial charge in [-0.15, -0.1) is 5.10 Å². The van der Waals surface area contributed by atoms with Gasteiger partial charge in [0.1, 0.15) is 0 Å².